The van der Waals surface area contributed by atoms with E-state index in [9.17, 15) is 4.79 Å². The molecule has 1 amide bonds. The number of benzene rings is 1. The SMILES string of the molecule is CCC(C)(CN)C(=O)Nc1ccc(Br)cc1C#N. The highest BCUT2D eigenvalue weighted by atomic mass is 79.9. The van der Waals surface area contributed by atoms with Crippen LogP contribution in [0, 0.1) is 16.7 Å². The maximum Gasteiger partial charge on any atom is 0.231 e. The predicted molar refractivity (Wildman–Crippen MR) is 74.9 cm³/mol. The Labute approximate surface area is 115 Å². The molecule has 1 unspecified atom stereocenters. The van der Waals surface area contributed by atoms with Crippen LogP contribution in [0.25, 0.3) is 0 Å². The number of nitrogens with two attached hydrogens (primary N) is 1. The van der Waals surface area contributed by atoms with Crippen molar-refractivity contribution in [1.29, 1.82) is 5.26 Å². The molecule has 0 aliphatic rings. The van der Waals surface area contributed by atoms with Crippen LogP contribution in [0.3, 0.4) is 0 Å². The molecule has 0 aliphatic carbocycles. The summed E-state index contributed by atoms with van der Waals surface area (Å²) in [4.78, 5) is 12.1. The largest absolute Gasteiger partial charge is 0.329 e. The number of hydrogen-bond acceptors (Lipinski definition) is 3. The molecule has 1 aromatic rings. The first-order valence-corrected chi connectivity index (χ1v) is 6.47. The van der Waals surface area contributed by atoms with E-state index in [1.165, 1.54) is 0 Å². The zero-order valence-electron chi connectivity index (χ0n) is 10.5. The molecule has 96 valence electrons. The van der Waals surface area contributed by atoms with Gasteiger partial charge in [0.15, 0.2) is 0 Å². The number of nitrogens with zero attached hydrogens (tertiary/aromatic N) is 1. The molecule has 0 saturated carbocycles. The minimum Gasteiger partial charge on any atom is -0.329 e. The summed E-state index contributed by atoms with van der Waals surface area (Å²) in [5, 5.41) is 11.8. The molecule has 1 rings (SSSR count). The number of carbonyl (C=O) groups excluding carboxylic acids is 1. The first-order valence-electron chi connectivity index (χ1n) is 5.68. The van der Waals surface area contributed by atoms with Crippen LogP contribution < -0.4 is 11.1 Å². The van der Waals surface area contributed by atoms with E-state index in [4.69, 9.17) is 11.0 Å². The van der Waals surface area contributed by atoms with E-state index in [0.29, 0.717) is 17.7 Å². The van der Waals surface area contributed by atoms with Crippen LogP contribution in [-0.4, -0.2) is 12.5 Å². The molecular formula is C13H16BrN3O. The van der Waals surface area contributed by atoms with Crippen molar-refractivity contribution in [3.05, 3.63) is 28.2 Å². The zero-order valence-corrected chi connectivity index (χ0v) is 12.0. The summed E-state index contributed by atoms with van der Waals surface area (Å²) in [7, 11) is 0. The third-order valence-corrected chi connectivity index (χ3v) is 3.62. The number of amides is 1. The Kier molecular flexibility index (Phi) is 4.88. The van der Waals surface area contributed by atoms with Crippen molar-refractivity contribution < 1.29 is 4.79 Å². The van der Waals surface area contributed by atoms with E-state index >= 15 is 0 Å². The van der Waals surface area contributed by atoms with Crippen molar-refractivity contribution in [2.24, 2.45) is 11.1 Å². The average molecular weight is 310 g/mol. The molecule has 0 aromatic heterocycles. The van der Waals surface area contributed by atoms with Gasteiger partial charge in [-0.05, 0) is 31.5 Å². The second-order valence-corrected chi connectivity index (χ2v) is 5.29. The van der Waals surface area contributed by atoms with Crippen LogP contribution in [0.15, 0.2) is 22.7 Å². The average Bonchev–Trinajstić information content (AvgIpc) is 2.39. The Bertz CT molecular complexity index is 489. The minimum absolute atomic E-state index is 0.161. The summed E-state index contributed by atoms with van der Waals surface area (Å²) in [6, 6.07) is 7.20. The monoisotopic (exact) mass is 309 g/mol. The third kappa shape index (κ3) is 3.09. The maximum absolute atomic E-state index is 12.1. The van der Waals surface area contributed by atoms with Crippen molar-refractivity contribution in [3.8, 4) is 6.07 Å². The fraction of sp³-hybridized carbons (Fsp3) is 0.385. The van der Waals surface area contributed by atoms with Gasteiger partial charge in [0.2, 0.25) is 5.91 Å². The lowest BCUT2D eigenvalue weighted by molar-refractivity contribution is -0.124. The van der Waals surface area contributed by atoms with E-state index < -0.39 is 5.41 Å². The van der Waals surface area contributed by atoms with E-state index in [1.54, 1.807) is 18.2 Å². The van der Waals surface area contributed by atoms with Gasteiger partial charge in [-0.2, -0.15) is 5.26 Å². The van der Waals surface area contributed by atoms with Gasteiger partial charge in [0, 0.05) is 11.0 Å². The summed E-state index contributed by atoms with van der Waals surface area (Å²) in [5.74, 6) is -0.161. The summed E-state index contributed by atoms with van der Waals surface area (Å²) in [6.07, 6.45) is 0.647. The highest BCUT2D eigenvalue weighted by molar-refractivity contribution is 9.10. The van der Waals surface area contributed by atoms with Gasteiger partial charge in [0.25, 0.3) is 0 Å². The topological polar surface area (TPSA) is 78.9 Å². The van der Waals surface area contributed by atoms with Gasteiger partial charge in [0.05, 0.1) is 16.7 Å². The molecular weight excluding hydrogens is 294 g/mol. The summed E-state index contributed by atoms with van der Waals surface area (Å²) < 4.78 is 0.800. The number of halogens is 1. The Morgan fingerprint density at radius 1 is 1.61 bits per heavy atom. The summed E-state index contributed by atoms with van der Waals surface area (Å²) >= 11 is 3.29. The third-order valence-electron chi connectivity index (χ3n) is 3.13. The first kappa shape index (κ1) is 14.7. The zero-order chi connectivity index (χ0) is 13.8. The molecule has 3 N–H and O–H groups in total. The molecule has 4 nitrogen and oxygen atoms in total. The fourth-order valence-corrected chi connectivity index (χ4v) is 1.75. The van der Waals surface area contributed by atoms with Crippen LogP contribution in [-0.2, 0) is 4.79 Å². The van der Waals surface area contributed by atoms with Crippen LogP contribution in [0.1, 0.15) is 25.8 Å². The maximum atomic E-state index is 12.1. The van der Waals surface area contributed by atoms with Gasteiger partial charge in [-0.3, -0.25) is 4.79 Å². The standard InChI is InChI=1S/C13H16BrN3O/c1-3-13(2,8-16)12(18)17-11-5-4-10(14)6-9(11)7-15/h4-6H,3,8,16H2,1-2H3,(H,17,18). The molecule has 0 radical (unpaired) electrons. The summed E-state index contributed by atoms with van der Waals surface area (Å²) in [5.41, 5.74) is 5.96. The lowest BCUT2D eigenvalue weighted by Crippen LogP contribution is -2.39. The van der Waals surface area contributed by atoms with E-state index in [0.717, 1.165) is 4.47 Å². The second kappa shape index (κ2) is 5.98. The second-order valence-electron chi connectivity index (χ2n) is 4.37. The van der Waals surface area contributed by atoms with Crippen LogP contribution in [0.5, 0.6) is 0 Å². The fourth-order valence-electron chi connectivity index (χ4n) is 1.39. The number of nitriles is 1. The number of nitrogens with one attached hydrogen (secondary N) is 1. The molecule has 0 bridgehead atoms. The van der Waals surface area contributed by atoms with Crippen LogP contribution in [0.4, 0.5) is 5.69 Å². The van der Waals surface area contributed by atoms with Gasteiger partial charge < -0.3 is 11.1 Å². The van der Waals surface area contributed by atoms with Crippen molar-refractivity contribution >= 4 is 27.5 Å². The molecule has 0 fully saturated rings. The van der Waals surface area contributed by atoms with Crippen LogP contribution >= 0.6 is 15.9 Å². The van der Waals surface area contributed by atoms with Gasteiger partial charge in [-0.15, -0.1) is 0 Å². The highest BCUT2D eigenvalue weighted by Gasteiger charge is 2.30. The van der Waals surface area contributed by atoms with Gasteiger partial charge in [-0.25, -0.2) is 0 Å². The highest BCUT2D eigenvalue weighted by Crippen LogP contribution is 2.25. The van der Waals surface area contributed by atoms with Gasteiger partial charge >= 0.3 is 0 Å². The molecule has 0 saturated heterocycles. The van der Waals surface area contributed by atoms with E-state index in [1.807, 2.05) is 13.8 Å². The molecule has 18 heavy (non-hydrogen) atoms. The molecule has 1 aromatic carbocycles. The van der Waals surface area contributed by atoms with Crippen molar-refractivity contribution in [2.75, 3.05) is 11.9 Å². The normalized spacial score (nSPS) is 13.5. The first-order chi connectivity index (χ1) is 8.46. The minimum atomic E-state index is -0.611. The van der Waals surface area contributed by atoms with Crippen molar-refractivity contribution in [3.63, 3.8) is 0 Å². The summed E-state index contributed by atoms with van der Waals surface area (Å²) in [6.45, 7) is 4.00. The Balaban J connectivity index is 2.99. The smallest absolute Gasteiger partial charge is 0.231 e. The number of rotatable bonds is 4. The number of anilines is 1. The Morgan fingerprint density at radius 3 is 2.78 bits per heavy atom. The molecule has 1 atom stereocenters. The van der Waals surface area contributed by atoms with E-state index in [-0.39, 0.29) is 12.5 Å². The number of carbonyl (C=O) groups is 1. The predicted octanol–water partition coefficient (Wildman–Crippen LogP) is 2.63. The van der Waals surface area contributed by atoms with E-state index in [2.05, 4.69) is 27.3 Å². The van der Waals surface area contributed by atoms with Crippen molar-refractivity contribution in [1.82, 2.24) is 0 Å². The Morgan fingerprint density at radius 2 is 2.28 bits per heavy atom. The molecule has 5 heteroatoms. The lowest BCUT2D eigenvalue weighted by Gasteiger charge is -2.25. The molecule has 0 spiro atoms. The van der Waals surface area contributed by atoms with Gasteiger partial charge in [-0.1, -0.05) is 22.9 Å². The van der Waals surface area contributed by atoms with Crippen LogP contribution in [0.2, 0.25) is 0 Å². The Hall–Kier alpha value is -1.38. The van der Waals surface area contributed by atoms with Gasteiger partial charge in [0.1, 0.15) is 6.07 Å². The number of hydrogen-bond donors (Lipinski definition) is 2. The molecule has 0 heterocycles. The molecule has 0 aliphatic heterocycles. The van der Waals surface area contributed by atoms with Crippen molar-refractivity contribution in [2.45, 2.75) is 20.3 Å². The lowest BCUT2D eigenvalue weighted by atomic mass is 9.86. The quantitative estimate of drug-likeness (QED) is 0.897.